The molecule has 28 heavy (non-hydrogen) atoms. The molecule has 2 aromatic rings. The molecule has 6 nitrogen and oxygen atoms in total. The van der Waals surface area contributed by atoms with Crippen molar-refractivity contribution in [3.63, 3.8) is 0 Å². The Labute approximate surface area is 183 Å². The van der Waals surface area contributed by atoms with Crippen LogP contribution in [0.5, 0.6) is 0 Å². The van der Waals surface area contributed by atoms with Crippen LogP contribution in [0.4, 0.5) is 11.4 Å². The summed E-state index contributed by atoms with van der Waals surface area (Å²) in [5.74, 6) is 0.00374. The predicted molar refractivity (Wildman–Crippen MR) is 115 cm³/mol. The van der Waals surface area contributed by atoms with Crippen molar-refractivity contribution < 1.29 is 4.79 Å². The van der Waals surface area contributed by atoms with Gasteiger partial charge in [-0.05, 0) is 12.8 Å². The molecule has 0 radical (unpaired) electrons. The van der Waals surface area contributed by atoms with Crippen molar-refractivity contribution in [2.45, 2.75) is 12.8 Å². The fourth-order valence-corrected chi connectivity index (χ4v) is 4.27. The molecular weight excluding hydrogens is 444 g/mol. The van der Waals surface area contributed by atoms with E-state index < -0.39 is 0 Å². The van der Waals surface area contributed by atoms with Gasteiger partial charge in [0.05, 0.1) is 31.5 Å². The molecular formula is C18H19Cl4N5O. The van der Waals surface area contributed by atoms with Gasteiger partial charge in [0, 0.05) is 56.9 Å². The van der Waals surface area contributed by atoms with Crippen molar-refractivity contribution in [2.24, 2.45) is 5.92 Å². The van der Waals surface area contributed by atoms with Crippen LogP contribution in [0.2, 0.25) is 20.1 Å². The third kappa shape index (κ3) is 5.11. The summed E-state index contributed by atoms with van der Waals surface area (Å²) in [5.41, 5.74) is 1.40. The molecule has 10 heteroatoms. The Kier molecular flexibility index (Phi) is 7.46. The average Bonchev–Trinajstić information content (AvgIpc) is 2.67. The van der Waals surface area contributed by atoms with Crippen LogP contribution >= 0.6 is 46.4 Å². The summed E-state index contributed by atoms with van der Waals surface area (Å²) in [6.07, 6.45) is 7.66. The third-order valence-corrected chi connectivity index (χ3v) is 5.72. The van der Waals surface area contributed by atoms with Crippen molar-refractivity contribution >= 4 is 63.7 Å². The molecule has 150 valence electrons. The van der Waals surface area contributed by atoms with Crippen LogP contribution in [0, 0.1) is 5.92 Å². The third-order valence-electron chi connectivity index (χ3n) is 4.59. The fourth-order valence-electron chi connectivity index (χ4n) is 3.17. The van der Waals surface area contributed by atoms with E-state index in [0.717, 1.165) is 18.5 Å². The molecule has 3 heterocycles. The first-order valence-corrected chi connectivity index (χ1v) is 10.3. The number of pyridine rings is 2. The number of carbonyl (C=O) groups is 1. The topological polar surface area (TPSA) is 70.2 Å². The van der Waals surface area contributed by atoms with Crippen molar-refractivity contribution in [2.75, 3.05) is 36.4 Å². The lowest BCUT2D eigenvalue weighted by molar-refractivity contribution is -0.125. The van der Waals surface area contributed by atoms with Gasteiger partial charge in [0.1, 0.15) is 0 Å². The summed E-state index contributed by atoms with van der Waals surface area (Å²) in [4.78, 5) is 22.4. The van der Waals surface area contributed by atoms with Crippen LogP contribution < -0.4 is 15.5 Å². The standard InChI is InChI=1S/C18H19Cl4N5O/c19-12-7-23-8-13(20)16(12)25-3-4-26-18(28)11-1-5-27(6-2-11)17-14(21)9-24-10-15(17)22/h7-11H,1-6H2,(H,23,25)(H,26,28). The minimum Gasteiger partial charge on any atom is -0.381 e. The SMILES string of the molecule is O=C(NCCNc1c(Cl)cncc1Cl)C1CCN(c2c(Cl)cncc2Cl)CC1. The second kappa shape index (κ2) is 9.83. The summed E-state index contributed by atoms with van der Waals surface area (Å²) in [6, 6.07) is 0. The molecule has 1 saturated heterocycles. The van der Waals surface area contributed by atoms with Crippen molar-refractivity contribution in [3.05, 3.63) is 44.9 Å². The molecule has 0 unspecified atom stereocenters. The zero-order valence-corrected chi connectivity index (χ0v) is 17.9. The summed E-state index contributed by atoms with van der Waals surface area (Å²) < 4.78 is 0. The molecule has 0 aliphatic carbocycles. The average molecular weight is 463 g/mol. The monoisotopic (exact) mass is 461 g/mol. The van der Waals surface area contributed by atoms with Gasteiger partial charge < -0.3 is 15.5 Å². The van der Waals surface area contributed by atoms with E-state index in [1.54, 1.807) is 12.4 Å². The second-order valence-electron chi connectivity index (χ2n) is 6.41. The van der Waals surface area contributed by atoms with Gasteiger partial charge in [0.25, 0.3) is 0 Å². The van der Waals surface area contributed by atoms with Crippen molar-refractivity contribution in [1.29, 1.82) is 0 Å². The van der Waals surface area contributed by atoms with Crippen LogP contribution in [-0.4, -0.2) is 42.1 Å². The van der Waals surface area contributed by atoms with Crippen LogP contribution in [0.15, 0.2) is 24.8 Å². The minimum atomic E-state index is -0.0382. The molecule has 2 aromatic heterocycles. The van der Waals surface area contributed by atoms with E-state index in [1.807, 2.05) is 0 Å². The molecule has 0 spiro atoms. The molecule has 1 amide bonds. The van der Waals surface area contributed by atoms with Gasteiger partial charge in [-0.2, -0.15) is 0 Å². The number of nitrogens with zero attached hydrogens (tertiary/aromatic N) is 3. The molecule has 1 aliphatic heterocycles. The van der Waals surface area contributed by atoms with E-state index in [-0.39, 0.29) is 11.8 Å². The lowest BCUT2D eigenvalue weighted by Crippen LogP contribution is -2.41. The summed E-state index contributed by atoms with van der Waals surface area (Å²) in [5, 5.41) is 8.01. The van der Waals surface area contributed by atoms with Crippen LogP contribution in [-0.2, 0) is 4.79 Å². The van der Waals surface area contributed by atoms with Gasteiger partial charge >= 0.3 is 0 Å². The Hall–Kier alpha value is -1.47. The normalized spacial score (nSPS) is 14.8. The van der Waals surface area contributed by atoms with Gasteiger partial charge in [-0.3, -0.25) is 14.8 Å². The predicted octanol–water partition coefficient (Wildman–Crippen LogP) is 4.53. The number of aromatic nitrogens is 2. The molecule has 0 bridgehead atoms. The van der Waals surface area contributed by atoms with E-state index in [0.29, 0.717) is 52.0 Å². The summed E-state index contributed by atoms with van der Waals surface area (Å²) >= 11 is 24.6. The molecule has 1 fully saturated rings. The lowest BCUT2D eigenvalue weighted by atomic mass is 9.95. The van der Waals surface area contributed by atoms with E-state index in [2.05, 4.69) is 25.5 Å². The molecule has 0 aromatic carbocycles. The number of rotatable bonds is 6. The highest BCUT2D eigenvalue weighted by molar-refractivity contribution is 6.39. The van der Waals surface area contributed by atoms with Gasteiger partial charge in [-0.25, -0.2) is 0 Å². The number of carbonyl (C=O) groups excluding carboxylic acids is 1. The number of hydrogen-bond donors (Lipinski definition) is 2. The maximum Gasteiger partial charge on any atom is 0.223 e. The Balaban J connectivity index is 1.44. The number of hydrogen-bond acceptors (Lipinski definition) is 5. The quantitative estimate of drug-likeness (QED) is 0.617. The van der Waals surface area contributed by atoms with Gasteiger partial charge in [-0.1, -0.05) is 46.4 Å². The molecule has 1 aliphatic rings. The summed E-state index contributed by atoms with van der Waals surface area (Å²) in [7, 11) is 0. The highest BCUT2D eigenvalue weighted by atomic mass is 35.5. The smallest absolute Gasteiger partial charge is 0.223 e. The van der Waals surface area contributed by atoms with E-state index >= 15 is 0 Å². The maximum atomic E-state index is 12.4. The fraction of sp³-hybridized carbons (Fsp3) is 0.389. The first-order valence-electron chi connectivity index (χ1n) is 8.82. The Bertz CT molecular complexity index is 802. The zero-order chi connectivity index (χ0) is 20.1. The number of halogens is 4. The van der Waals surface area contributed by atoms with Gasteiger partial charge in [-0.15, -0.1) is 0 Å². The number of amides is 1. The number of anilines is 2. The maximum absolute atomic E-state index is 12.4. The Morgan fingerprint density at radius 3 is 2.04 bits per heavy atom. The lowest BCUT2D eigenvalue weighted by Gasteiger charge is -2.33. The Morgan fingerprint density at radius 1 is 0.929 bits per heavy atom. The highest BCUT2D eigenvalue weighted by Crippen LogP contribution is 2.35. The number of nitrogens with one attached hydrogen (secondary N) is 2. The first-order chi connectivity index (χ1) is 13.5. The van der Waals surface area contributed by atoms with Gasteiger partial charge in [0.2, 0.25) is 5.91 Å². The molecule has 0 atom stereocenters. The Morgan fingerprint density at radius 2 is 1.46 bits per heavy atom. The first kappa shape index (κ1) is 21.2. The summed E-state index contributed by atoms with van der Waals surface area (Å²) in [6.45, 7) is 2.40. The minimum absolute atomic E-state index is 0.0382. The van der Waals surface area contributed by atoms with E-state index in [1.165, 1.54) is 12.4 Å². The van der Waals surface area contributed by atoms with E-state index in [4.69, 9.17) is 46.4 Å². The molecule has 3 rings (SSSR count). The van der Waals surface area contributed by atoms with Crippen LogP contribution in [0.25, 0.3) is 0 Å². The van der Waals surface area contributed by atoms with Crippen molar-refractivity contribution in [1.82, 2.24) is 15.3 Å². The molecule has 2 N–H and O–H groups in total. The number of piperidine rings is 1. The molecule has 0 saturated carbocycles. The van der Waals surface area contributed by atoms with Crippen LogP contribution in [0.1, 0.15) is 12.8 Å². The largest absolute Gasteiger partial charge is 0.381 e. The van der Waals surface area contributed by atoms with Gasteiger partial charge in [0.15, 0.2) is 0 Å². The second-order valence-corrected chi connectivity index (χ2v) is 8.04. The van der Waals surface area contributed by atoms with Crippen molar-refractivity contribution in [3.8, 4) is 0 Å². The highest BCUT2D eigenvalue weighted by Gasteiger charge is 2.26. The zero-order valence-electron chi connectivity index (χ0n) is 14.9. The van der Waals surface area contributed by atoms with E-state index in [9.17, 15) is 4.79 Å². The van der Waals surface area contributed by atoms with Crippen LogP contribution in [0.3, 0.4) is 0 Å².